The lowest BCUT2D eigenvalue weighted by Gasteiger charge is -2.07. The van der Waals surface area contributed by atoms with E-state index in [1.807, 2.05) is 0 Å². The molecule has 0 atom stereocenters. The van der Waals surface area contributed by atoms with Crippen LogP contribution in [0.1, 0.15) is 10.4 Å². The molecule has 1 amide bonds. The van der Waals surface area contributed by atoms with E-state index in [1.54, 1.807) is 18.2 Å². The Kier molecular flexibility index (Phi) is 2.98. The Morgan fingerprint density at radius 3 is 2.70 bits per heavy atom. The molecule has 0 unspecified atom stereocenters. The minimum Gasteiger partial charge on any atom is -0.454 e. The number of benzene rings is 2. The molecule has 0 fully saturated rings. The summed E-state index contributed by atoms with van der Waals surface area (Å²) in [6, 6.07) is 7.47. The van der Waals surface area contributed by atoms with E-state index in [2.05, 4.69) is 5.32 Å². The quantitative estimate of drug-likeness (QED) is 0.918. The number of anilines is 1. The highest BCUT2D eigenvalue weighted by Gasteiger charge is 2.16. The van der Waals surface area contributed by atoms with Gasteiger partial charge in [0, 0.05) is 11.8 Å². The molecular weight excluding hydrogens is 268 g/mol. The van der Waals surface area contributed by atoms with Crippen LogP contribution in [0, 0.1) is 11.6 Å². The molecule has 0 radical (unpaired) electrons. The van der Waals surface area contributed by atoms with E-state index in [-0.39, 0.29) is 12.4 Å². The predicted octanol–water partition coefficient (Wildman–Crippen LogP) is 2.95. The van der Waals surface area contributed by atoms with Gasteiger partial charge in [0.25, 0.3) is 5.91 Å². The lowest BCUT2D eigenvalue weighted by molar-refractivity contribution is 0.102. The molecule has 0 aliphatic carbocycles. The summed E-state index contributed by atoms with van der Waals surface area (Å²) in [6.45, 7) is 0.116. The lowest BCUT2D eigenvalue weighted by Crippen LogP contribution is -2.14. The van der Waals surface area contributed by atoms with Crippen LogP contribution in [0.5, 0.6) is 11.5 Å². The zero-order valence-corrected chi connectivity index (χ0v) is 10.2. The highest BCUT2D eigenvalue weighted by atomic mass is 19.1. The Morgan fingerprint density at radius 1 is 1.05 bits per heavy atom. The molecule has 0 spiro atoms. The molecule has 3 rings (SSSR count). The first-order chi connectivity index (χ1) is 9.63. The molecule has 102 valence electrons. The maximum absolute atomic E-state index is 13.5. The van der Waals surface area contributed by atoms with Crippen LogP contribution in [-0.2, 0) is 0 Å². The molecule has 1 aliphatic heterocycles. The molecule has 0 saturated heterocycles. The largest absolute Gasteiger partial charge is 0.454 e. The second kappa shape index (κ2) is 4.80. The van der Waals surface area contributed by atoms with Gasteiger partial charge in [-0.1, -0.05) is 0 Å². The van der Waals surface area contributed by atoms with Gasteiger partial charge in [0.15, 0.2) is 11.5 Å². The van der Waals surface area contributed by atoms with Crippen LogP contribution < -0.4 is 14.8 Å². The van der Waals surface area contributed by atoms with Gasteiger partial charge in [0.1, 0.15) is 11.6 Å². The second-order valence-corrected chi connectivity index (χ2v) is 4.15. The highest BCUT2D eigenvalue weighted by molar-refractivity contribution is 6.04. The predicted molar refractivity (Wildman–Crippen MR) is 66.9 cm³/mol. The SMILES string of the molecule is O=C(Nc1ccc2c(c1)OCO2)c1cc(F)ccc1F. The van der Waals surface area contributed by atoms with E-state index in [0.717, 1.165) is 18.2 Å². The molecule has 0 saturated carbocycles. The average Bonchev–Trinajstić information content (AvgIpc) is 2.89. The van der Waals surface area contributed by atoms with E-state index >= 15 is 0 Å². The minimum atomic E-state index is -0.787. The van der Waals surface area contributed by atoms with Crippen molar-refractivity contribution < 1.29 is 23.0 Å². The van der Waals surface area contributed by atoms with Crippen molar-refractivity contribution in [2.75, 3.05) is 12.1 Å². The summed E-state index contributed by atoms with van der Waals surface area (Å²) in [5.41, 5.74) is 0.0468. The van der Waals surface area contributed by atoms with E-state index in [1.165, 1.54) is 0 Å². The van der Waals surface area contributed by atoms with Gasteiger partial charge in [-0.2, -0.15) is 0 Å². The molecule has 2 aromatic rings. The summed E-state index contributed by atoms with van der Waals surface area (Å²) >= 11 is 0. The molecule has 1 aliphatic rings. The van der Waals surface area contributed by atoms with Crippen LogP contribution in [0.15, 0.2) is 36.4 Å². The van der Waals surface area contributed by atoms with Gasteiger partial charge < -0.3 is 14.8 Å². The number of hydrogen-bond donors (Lipinski definition) is 1. The number of carbonyl (C=O) groups excluding carboxylic acids is 1. The van der Waals surface area contributed by atoms with Crippen LogP contribution >= 0.6 is 0 Å². The third-order valence-electron chi connectivity index (χ3n) is 2.80. The first-order valence-corrected chi connectivity index (χ1v) is 5.79. The van der Waals surface area contributed by atoms with Crippen molar-refractivity contribution in [3.8, 4) is 11.5 Å². The van der Waals surface area contributed by atoms with E-state index < -0.39 is 17.5 Å². The third-order valence-corrected chi connectivity index (χ3v) is 2.80. The fourth-order valence-corrected chi connectivity index (χ4v) is 1.84. The summed E-state index contributed by atoms with van der Waals surface area (Å²) in [5, 5.41) is 2.47. The van der Waals surface area contributed by atoms with Crippen molar-refractivity contribution in [2.24, 2.45) is 0 Å². The topological polar surface area (TPSA) is 47.6 Å². The summed E-state index contributed by atoms with van der Waals surface area (Å²) in [6.07, 6.45) is 0. The molecule has 1 heterocycles. The molecular formula is C14H9F2NO3. The maximum Gasteiger partial charge on any atom is 0.258 e. The number of carbonyl (C=O) groups is 1. The zero-order chi connectivity index (χ0) is 14.1. The minimum absolute atomic E-state index is 0.116. The van der Waals surface area contributed by atoms with Crippen molar-refractivity contribution in [3.63, 3.8) is 0 Å². The summed E-state index contributed by atoms with van der Waals surface area (Å²) < 4.78 is 36.8. The highest BCUT2D eigenvalue weighted by Crippen LogP contribution is 2.34. The van der Waals surface area contributed by atoms with Crippen LogP contribution in [-0.4, -0.2) is 12.7 Å². The van der Waals surface area contributed by atoms with Gasteiger partial charge in [-0.05, 0) is 30.3 Å². The Labute approximate surface area is 112 Å². The average molecular weight is 277 g/mol. The van der Waals surface area contributed by atoms with Crippen LogP contribution in [0.25, 0.3) is 0 Å². The molecule has 0 aromatic heterocycles. The third kappa shape index (κ3) is 2.27. The van der Waals surface area contributed by atoms with E-state index in [4.69, 9.17) is 9.47 Å². The first-order valence-electron chi connectivity index (χ1n) is 5.79. The zero-order valence-electron chi connectivity index (χ0n) is 10.2. The molecule has 6 heteroatoms. The Morgan fingerprint density at radius 2 is 1.85 bits per heavy atom. The van der Waals surface area contributed by atoms with Gasteiger partial charge >= 0.3 is 0 Å². The molecule has 1 N–H and O–H groups in total. The maximum atomic E-state index is 13.5. The molecule has 20 heavy (non-hydrogen) atoms. The molecule has 2 aromatic carbocycles. The molecule has 4 nitrogen and oxygen atoms in total. The number of amides is 1. The van der Waals surface area contributed by atoms with Crippen molar-refractivity contribution >= 4 is 11.6 Å². The van der Waals surface area contributed by atoms with Crippen molar-refractivity contribution in [2.45, 2.75) is 0 Å². The Bertz CT molecular complexity index is 688. The monoisotopic (exact) mass is 277 g/mol. The van der Waals surface area contributed by atoms with E-state index in [9.17, 15) is 13.6 Å². The lowest BCUT2D eigenvalue weighted by atomic mass is 10.2. The van der Waals surface area contributed by atoms with Gasteiger partial charge in [-0.25, -0.2) is 8.78 Å². The fourth-order valence-electron chi connectivity index (χ4n) is 1.84. The van der Waals surface area contributed by atoms with Crippen LogP contribution in [0.2, 0.25) is 0 Å². The van der Waals surface area contributed by atoms with Gasteiger partial charge in [-0.15, -0.1) is 0 Å². The normalized spacial score (nSPS) is 12.3. The standard InChI is InChI=1S/C14H9F2NO3/c15-8-1-3-11(16)10(5-8)14(18)17-9-2-4-12-13(6-9)20-7-19-12/h1-6H,7H2,(H,17,18). The number of ether oxygens (including phenoxy) is 2. The number of nitrogens with one attached hydrogen (secondary N) is 1. The van der Waals surface area contributed by atoms with Crippen LogP contribution in [0.3, 0.4) is 0 Å². The summed E-state index contributed by atoms with van der Waals surface area (Å²) in [5.74, 6) is -1.14. The number of fused-ring (bicyclic) bond motifs is 1. The van der Waals surface area contributed by atoms with Crippen molar-refractivity contribution in [1.29, 1.82) is 0 Å². The number of rotatable bonds is 2. The van der Waals surface area contributed by atoms with Crippen molar-refractivity contribution in [3.05, 3.63) is 53.6 Å². The summed E-state index contributed by atoms with van der Waals surface area (Å²) in [7, 11) is 0. The second-order valence-electron chi connectivity index (χ2n) is 4.15. The van der Waals surface area contributed by atoms with Crippen LogP contribution in [0.4, 0.5) is 14.5 Å². The first kappa shape index (κ1) is 12.4. The Balaban J connectivity index is 1.84. The van der Waals surface area contributed by atoms with Gasteiger partial charge in [0.05, 0.1) is 5.56 Å². The van der Waals surface area contributed by atoms with Crippen molar-refractivity contribution in [1.82, 2.24) is 0 Å². The van der Waals surface area contributed by atoms with E-state index in [0.29, 0.717) is 17.2 Å². The van der Waals surface area contributed by atoms with Gasteiger partial charge in [0.2, 0.25) is 6.79 Å². The smallest absolute Gasteiger partial charge is 0.258 e. The van der Waals surface area contributed by atoms with Gasteiger partial charge in [-0.3, -0.25) is 4.79 Å². The summed E-state index contributed by atoms with van der Waals surface area (Å²) in [4.78, 5) is 11.9. The number of hydrogen-bond acceptors (Lipinski definition) is 3. The number of halogens is 2. The fraction of sp³-hybridized carbons (Fsp3) is 0.0714. The Hall–Kier alpha value is -2.63. The molecule has 0 bridgehead atoms.